The van der Waals surface area contributed by atoms with Crippen LogP contribution >= 0.6 is 0 Å². The first-order valence-electron chi connectivity index (χ1n) is 6.78. The third-order valence-electron chi connectivity index (χ3n) is 3.07. The number of nitrogens with one attached hydrogen (secondary N) is 1. The zero-order chi connectivity index (χ0) is 17.7. The van der Waals surface area contributed by atoms with E-state index in [1.807, 2.05) is 5.48 Å². The Morgan fingerprint density at radius 1 is 1.04 bits per heavy atom. The SMILES string of the molecule is COc1cc(CC(=O)NOC(=O)c2ccc(O)cc2O)ccc1O. The number of carbonyl (C=O) groups excluding carboxylic acids is 2. The second-order valence-corrected chi connectivity index (χ2v) is 4.80. The minimum absolute atomic E-state index is 0.0594. The van der Waals surface area contributed by atoms with E-state index < -0.39 is 17.6 Å². The molecule has 0 spiro atoms. The smallest absolute Gasteiger partial charge is 0.366 e. The first kappa shape index (κ1) is 16.9. The molecule has 0 radical (unpaired) electrons. The second kappa shape index (κ2) is 7.23. The van der Waals surface area contributed by atoms with E-state index in [0.29, 0.717) is 5.56 Å². The highest BCUT2D eigenvalue weighted by Crippen LogP contribution is 2.26. The van der Waals surface area contributed by atoms with Crippen LogP contribution in [0.3, 0.4) is 0 Å². The Hall–Kier alpha value is -3.42. The van der Waals surface area contributed by atoms with Crippen LogP contribution in [0.2, 0.25) is 0 Å². The lowest BCUT2D eigenvalue weighted by Crippen LogP contribution is -2.28. The molecule has 0 fully saturated rings. The van der Waals surface area contributed by atoms with E-state index in [-0.39, 0.29) is 29.2 Å². The molecule has 2 rings (SSSR count). The van der Waals surface area contributed by atoms with E-state index in [4.69, 9.17) is 9.84 Å². The molecule has 4 N–H and O–H groups in total. The summed E-state index contributed by atoms with van der Waals surface area (Å²) in [6.45, 7) is 0. The van der Waals surface area contributed by atoms with Crippen molar-refractivity contribution in [3.05, 3.63) is 47.5 Å². The van der Waals surface area contributed by atoms with E-state index in [1.165, 1.54) is 31.4 Å². The molecule has 8 heteroatoms. The van der Waals surface area contributed by atoms with Gasteiger partial charge in [0.05, 0.1) is 13.5 Å². The van der Waals surface area contributed by atoms with E-state index in [2.05, 4.69) is 4.84 Å². The summed E-state index contributed by atoms with van der Waals surface area (Å²) in [7, 11) is 1.38. The van der Waals surface area contributed by atoms with Crippen molar-refractivity contribution in [2.75, 3.05) is 7.11 Å². The van der Waals surface area contributed by atoms with Crippen molar-refractivity contribution in [1.82, 2.24) is 5.48 Å². The lowest BCUT2D eigenvalue weighted by Gasteiger charge is -2.08. The van der Waals surface area contributed by atoms with Crippen molar-refractivity contribution in [3.8, 4) is 23.0 Å². The molecule has 0 aliphatic carbocycles. The summed E-state index contributed by atoms with van der Waals surface area (Å²) in [4.78, 5) is 28.1. The van der Waals surface area contributed by atoms with Crippen LogP contribution < -0.4 is 10.2 Å². The van der Waals surface area contributed by atoms with Gasteiger partial charge in [-0.3, -0.25) is 4.79 Å². The number of rotatable bonds is 4. The van der Waals surface area contributed by atoms with Gasteiger partial charge in [0.2, 0.25) is 0 Å². The number of hydrogen-bond acceptors (Lipinski definition) is 7. The van der Waals surface area contributed by atoms with E-state index in [0.717, 1.165) is 12.1 Å². The lowest BCUT2D eigenvalue weighted by molar-refractivity contribution is -0.129. The Kier molecular flexibility index (Phi) is 5.10. The number of ether oxygens (including phenoxy) is 1. The zero-order valence-electron chi connectivity index (χ0n) is 12.6. The van der Waals surface area contributed by atoms with Gasteiger partial charge in [-0.15, -0.1) is 0 Å². The van der Waals surface area contributed by atoms with Crippen molar-refractivity contribution in [3.63, 3.8) is 0 Å². The van der Waals surface area contributed by atoms with Gasteiger partial charge in [-0.25, -0.2) is 4.79 Å². The summed E-state index contributed by atoms with van der Waals surface area (Å²) >= 11 is 0. The quantitative estimate of drug-likeness (QED) is 0.620. The van der Waals surface area contributed by atoms with Crippen molar-refractivity contribution in [1.29, 1.82) is 0 Å². The van der Waals surface area contributed by atoms with Gasteiger partial charge >= 0.3 is 5.97 Å². The maximum atomic E-state index is 11.8. The van der Waals surface area contributed by atoms with Crippen LogP contribution in [-0.4, -0.2) is 34.3 Å². The van der Waals surface area contributed by atoms with Gasteiger partial charge in [-0.05, 0) is 29.8 Å². The fourth-order valence-electron chi connectivity index (χ4n) is 1.90. The first-order valence-corrected chi connectivity index (χ1v) is 6.78. The third-order valence-corrected chi connectivity index (χ3v) is 3.07. The van der Waals surface area contributed by atoms with Gasteiger partial charge in [0.25, 0.3) is 5.91 Å². The molecule has 8 nitrogen and oxygen atoms in total. The molecule has 0 bridgehead atoms. The number of methoxy groups -OCH3 is 1. The second-order valence-electron chi connectivity index (χ2n) is 4.80. The molecule has 0 saturated carbocycles. The van der Waals surface area contributed by atoms with Gasteiger partial charge in [-0.1, -0.05) is 6.07 Å². The molecule has 0 aliphatic rings. The molecule has 2 aromatic rings. The normalized spacial score (nSPS) is 10.0. The topological polar surface area (TPSA) is 125 Å². The fraction of sp³-hybridized carbons (Fsp3) is 0.125. The summed E-state index contributed by atoms with van der Waals surface area (Å²) in [6.07, 6.45) is -0.120. The zero-order valence-corrected chi connectivity index (χ0v) is 12.6. The van der Waals surface area contributed by atoms with Crippen molar-refractivity contribution in [2.45, 2.75) is 6.42 Å². The minimum Gasteiger partial charge on any atom is -0.508 e. The lowest BCUT2D eigenvalue weighted by atomic mass is 10.1. The largest absolute Gasteiger partial charge is 0.508 e. The molecule has 0 heterocycles. The van der Waals surface area contributed by atoms with Gasteiger partial charge < -0.3 is 24.9 Å². The van der Waals surface area contributed by atoms with E-state index >= 15 is 0 Å². The highest BCUT2D eigenvalue weighted by Gasteiger charge is 2.15. The van der Waals surface area contributed by atoms with Gasteiger partial charge in [0.15, 0.2) is 11.5 Å². The number of phenolic OH excluding ortho intramolecular Hbond substituents is 3. The third kappa shape index (κ3) is 4.07. The van der Waals surface area contributed by atoms with Crippen LogP contribution in [0, 0.1) is 0 Å². The Balaban J connectivity index is 1.94. The Morgan fingerprint density at radius 3 is 2.46 bits per heavy atom. The van der Waals surface area contributed by atoms with Crippen LogP contribution in [0.4, 0.5) is 0 Å². The highest BCUT2D eigenvalue weighted by molar-refractivity contribution is 5.93. The molecular formula is C16H15NO7. The molecule has 24 heavy (non-hydrogen) atoms. The van der Waals surface area contributed by atoms with Crippen molar-refractivity contribution < 1.29 is 34.5 Å². The van der Waals surface area contributed by atoms with Crippen LogP contribution in [0.5, 0.6) is 23.0 Å². The fourth-order valence-corrected chi connectivity index (χ4v) is 1.90. The summed E-state index contributed by atoms with van der Waals surface area (Å²) in [5.41, 5.74) is 2.28. The number of amides is 1. The van der Waals surface area contributed by atoms with Crippen LogP contribution in [-0.2, 0) is 16.1 Å². The Bertz CT molecular complexity index is 773. The molecule has 0 aliphatic heterocycles. The molecule has 2 aromatic carbocycles. The number of aromatic hydroxyl groups is 3. The monoisotopic (exact) mass is 333 g/mol. The summed E-state index contributed by atoms with van der Waals surface area (Å²) in [6, 6.07) is 7.70. The number of hydroxylamine groups is 1. The van der Waals surface area contributed by atoms with Gasteiger partial charge in [0, 0.05) is 6.07 Å². The molecule has 0 saturated heterocycles. The average molecular weight is 333 g/mol. The number of benzene rings is 2. The molecule has 0 atom stereocenters. The Morgan fingerprint density at radius 2 is 1.79 bits per heavy atom. The number of phenols is 3. The predicted octanol–water partition coefficient (Wildman–Crippen LogP) is 1.24. The summed E-state index contributed by atoms with van der Waals surface area (Å²) < 4.78 is 4.93. The number of hydrogen-bond donors (Lipinski definition) is 4. The van der Waals surface area contributed by atoms with Gasteiger partial charge in [-0.2, -0.15) is 5.48 Å². The Labute approximate surface area is 136 Å². The maximum absolute atomic E-state index is 11.8. The summed E-state index contributed by atoms with van der Waals surface area (Å²) in [5, 5.41) is 28.2. The van der Waals surface area contributed by atoms with Crippen molar-refractivity contribution >= 4 is 11.9 Å². The van der Waals surface area contributed by atoms with Crippen LogP contribution in [0.25, 0.3) is 0 Å². The van der Waals surface area contributed by atoms with Crippen molar-refractivity contribution in [2.24, 2.45) is 0 Å². The standard InChI is InChI=1S/C16H15NO7/c1-23-14-6-9(2-5-12(14)19)7-15(21)17-24-16(22)11-4-3-10(18)8-13(11)20/h2-6,8,18-20H,7H2,1H3,(H,17,21). The minimum atomic E-state index is -0.982. The maximum Gasteiger partial charge on any atom is 0.366 e. The predicted molar refractivity (Wildman–Crippen MR) is 81.7 cm³/mol. The average Bonchev–Trinajstić information content (AvgIpc) is 2.54. The number of carbonyl (C=O) groups is 2. The first-order chi connectivity index (χ1) is 11.4. The molecule has 0 unspecified atom stereocenters. The van der Waals surface area contributed by atoms with E-state index in [9.17, 15) is 19.8 Å². The molecule has 1 amide bonds. The summed E-state index contributed by atoms with van der Waals surface area (Å²) in [5.74, 6) is -2.13. The van der Waals surface area contributed by atoms with E-state index in [1.54, 1.807) is 0 Å². The molecular weight excluding hydrogens is 318 g/mol. The molecule has 126 valence electrons. The molecule has 0 aromatic heterocycles. The highest BCUT2D eigenvalue weighted by atomic mass is 16.7. The van der Waals surface area contributed by atoms with Crippen LogP contribution in [0.15, 0.2) is 36.4 Å². The van der Waals surface area contributed by atoms with Crippen LogP contribution in [0.1, 0.15) is 15.9 Å². The van der Waals surface area contributed by atoms with Gasteiger partial charge in [0.1, 0.15) is 17.1 Å².